The van der Waals surface area contributed by atoms with Crippen LogP contribution in [0.15, 0.2) is 53.9 Å². The summed E-state index contributed by atoms with van der Waals surface area (Å²) in [5, 5.41) is 7.20. The van der Waals surface area contributed by atoms with E-state index < -0.39 is 5.82 Å². The van der Waals surface area contributed by atoms with Gasteiger partial charge in [0.1, 0.15) is 11.6 Å². The molecule has 0 saturated heterocycles. The number of benzene rings is 2. The van der Waals surface area contributed by atoms with Gasteiger partial charge in [-0.25, -0.2) is 9.37 Å². The SMILES string of the molecule is CCOc1ccccc1/C=C/C(=O)Nc1nc(-c2ccc(NC(C)=O)cc2F)cs1. The zero-order valence-electron chi connectivity index (χ0n) is 16.4. The van der Waals surface area contributed by atoms with Gasteiger partial charge in [0.2, 0.25) is 11.8 Å². The molecule has 30 heavy (non-hydrogen) atoms. The quantitative estimate of drug-likeness (QED) is 0.525. The molecule has 0 fully saturated rings. The Morgan fingerprint density at radius 2 is 2.00 bits per heavy atom. The predicted molar refractivity (Wildman–Crippen MR) is 117 cm³/mol. The van der Waals surface area contributed by atoms with Crippen molar-refractivity contribution in [3.8, 4) is 17.0 Å². The van der Waals surface area contributed by atoms with E-state index in [1.54, 1.807) is 17.5 Å². The average molecular weight is 425 g/mol. The van der Waals surface area contributed by atoms with Crippen molar-refractivity contribution in [2.45, 2.75) is 13.8 Å². The van der Waals surface area contributed by atoms with Gasteiger partial charge in [0.05, 0.1) is 12.3 Å². The van der Waals surface area contributed by atoms with Crippen molar-refractivity contribution < 1.29 is 18.7 Å². The number of ether oxygens (including phenoxy) is 1. The highest BCUT2D eigenvalue weighted by atomic mass is 32.1. The first-order valence-electron chi connectivity index (χ1n) is 9.20. The first kappa shape index (κ1) is 21.2. The third-order valence-electron chi connectivity index (χ3n) is 3.93. The third-order valence-corrected chi connectivity index (χ3v) is 4.69. The van der Waals surface area contributed by atoms with Gasteiger partial charge in [-0.3, -0.25) is 14.9 Å². The number of halogens is 1. The molecule has 154 valence electrons. The lowest BCUT2D eigenvalue weighted by Gasteiger charge is -2.06. The van der Waals surface area contributed by atoms with E-state index in [4.69, 9.17) is 4.74 Å². The Hall–Kier alpha value is -3.52. The molecule has 0 aliphatic carbocycles. The van der Waals surface area contributed by atoms with E-state index >= 15 is 0 Å². The van der Waals surface area contributed by atoms with Crippen LogP contribution in [-0.4, -0.2) is 23.4 Å². The van der Waals surface area contributed by atoms with Gasteiger partial charge in [0, 0.05) is 35.2 Å². The van der Waals surface area contributed by atoms with Crippen LogP contribution in [0.5, 0.6) is 5.75 Å². The van der Waals surface area contributed by atoms with Gasteiger partial charge in [0.15, 0.2) is 5.13 Å². The number of carbonyl (C=O) groups excluding carboxylic acids is 2. The highest BCUT2D eigenvalue weighted by Gasteiger charge is 2.12. The molecule has 1 aromatic heterocycles. The van der Waals surface area contributed by atoms with Crippen LogP contribution in [0.1, 0.15) is 19.4 Å². The molecule has 0 atom stereocenters. The first-order chi connectivity index (χ1) is 14.5. The van der Waals surface area contributed by atoms with Gasteiger partial charge >= 0.3 is 0 Å². The number of hydrogen-bond acceptors (Lipinski definition) is 5. The van der Waals surface area contributed by atoms with Crippen LogP contribution in [0.4, 0.5) is 15.2 Å². The minimum absolute atomic E-state index is 0.280. The van der Waals surface area contributed by atoms with Crippen LogP contribution >= 0.6 is 11.3 Å². The molecule has 1 heterocycles. The zero-order valence-corrected chi connectivity index (χ0v) is 17.3. The number of anilines is 2. The number of hydrogen-bond donors (Lipinski definition) is 2. The Morgan fingerprint density at radius 3 is 2.73 bits per heavy atom. The lowest BCUT2D eigenvalue weighted by atomic mass is 10.1. The molecule has 2 N–H and O–H groups in total. The molecule has 0 radical (unpaired) electrons. The minimum atomic E-state index is -0.517. The maximum atomic E-state index is 14.4. The van der Waals surface area contributed by atoms with E-state index in [0.29, 0.717) is 28.9 Å². The molecule has 2 amide bonds. The fourth-order valence-electron chi connectivity index (χ4n) is 2.68. The number of rotatable bonds is 7. The van der Waals surface area contributed by atoms with Crippen molar-refractivity contribution >= 4 is 40.0 Å². The van der Waals surface area contributed by atoms with Crippen molar-refractivity contribution in [1.82, 2.24) is 4.98 Å². The van der Waals surface area contributed by atoms with E-state index in [9.17, 15) is 14.0 Å². The maximum Gasteiger partial charge on any atom is 0.250 e. The van der Waals surface area contributed by atoms with Crippen molar-refractivity contribution in [2.24, 2.45) is 0 Å². The van der Waals surface area contributed by atoms with E-state index in [1.807, 2.05) is 31.2 Å². The second-order valence-corrected chi connectivity index (χ2v) is 7.07. The van der Waals surface area contributed by atoms with Crippen LogP contribution in [0.25, 0.3) is 17.3 Å². The summed E-state index contributed by atoms with van der Waals surface area (Å²) in [5.41, 5.74) is 1.83. The van der Waals surface area contributed by atoms with Crippen molar-refractivity contribution in [3.63, 3.8) is 0 Å². The molecule has 2 aromatic carbocycles. The summed E-state index contributed by atoms with van der Waals surface area (Å²) in [7, 11) is 0. The van der Waals surface area contributed by atoms with Crippen molar-refractivity contribution in [2.75, 3.05) is 17.2 Å². The first-order valence-corrected chi connectivity index (χ1v) is 10.1. The summed E-state index contributed by atoms with van der Waals surface area (Å²) in [6.07, 6.45) is 3.05. The van der Waals surface area contributed by atoms with Crippen LogP contribution in [0, 0.1) is 5.82 Å². The van der Waals surface area contributed by atoms with Crippen LogP contribution < -0.4 is 15.4 Å². The van der Waals surface area contributed by atoms with Gasteiger partial charge in [-0.1, -0.05) is 18.2 Å². The van der Waals surface area contributed by atoms with Gasteiger partial charge in [-0.2, -0.15) is 0 Å². The third kappa shape index (κ3) is 5.51. The predicted octanol–water partition coefficient (Wildman–Crippen LogP) is 4.96. The second-order valence-electron chi connectivity index (χ2n) is 6.21. The number of thiazole rings is 1. The summed E-state index contributed by atoms with van der Waals surface area (Å²) in [6.45, 7) is 3.77. The molecule has 3 rings (SSSR count). The molecule has 0 aliphatic rings. The van der Waals surface area contributed by atoms with Crippen molar-refractivity contribution in [3.05, 3.63) is 65.3 Å². The second kappa shape index (κ2) is 9.80. The number of nitrogens with zero attached hydrogens (tertiary/aromatic N) is 1. The lowest BCUT2D eigenvalue weighted by molar-refractivity contribution is -0.114. The minimum Gasteiger partial charge on any atom is -0.493 e. The topological polar surface area (TPSA) is 80.3 Å². The molecular weight excluding hydrogens is 405 g/mol. The molecular formula is C22H20FN3O3S. The highest BCUT2D eigenvalue weighted by molar-refractivity contribution is 7.14. The van der Waals surface area contributed by atoms with Gasteiger partial charge < -0.3 is 10.1 Å². The smallest absolute Gasteiger partial charge is 0.250 e. The molecule has 8 heteroatoms. The van der Waals surface area contributed by atoms with Crippen LogP contribution in [0.3, 0.4) is 0 Å². The van der Waals surface area contributed by atoms with E-state index in [-0.39, 0.29) is 17.4 Å². The Bertz CT molecular complexity index is 1090. The number of carbonyl (C=O) groups is 2. The van der Waals surface area contributed by atoms with Crippen molar-refractivity contribution in [1.29, 1.82) is 0 Å². The fraction of sp³-hybridized carbons (Fsp3) is 0.136. The number of aromatic nitrogens is 1. The molecule has 0 saturated carbocycles. The van der Waals surface area contributed by atoms with E-state index in [1.165, 1.54) is 36.5 Å². The fourth-order valence-corrected chi connectivity index (χ4v) is 3.39. The summed E-state index contributed by atoms with van der Waals surface area (Å²) < 4.78 is 19.9. The Balaban J connectivity index is 1.68. The molecule has 0 unspecified atom stereocenters. The van der Waals surface area contributed by atoms with Gasteiger partial charge in [-0.15, -0.1) is 11.3 Å². The zero-order chi connectivity index (χ0) is 21.5. The molecule has 3 aromatic rings. The standard InChI is InChI=1S/C22H20FN3O3S/c1-3-29-20-7-5-4-6-15(20)8-11-21(28)26-22-25-19(13-30-22)17-10-9-16(12-18(17)23)24-14(2)27/h4-13H,3H2,1-2H3,(H,24,27)(H,25,26,28)/b11-8+. The van der Waals surface area contributed by atoms with E-state index in [0.717, 1.165) is 5.56 Å². The molecule has 0 bridgehead atoms. The molecule has 0 spiro atoms. The highest BCUT2D eigenvalue weighted by Crippen LogP contribution is 2.28. The number of nitrogens with one attached hydrogen (secondary N) is 2. The van der Waals surface area contributed by atoms with Gasteiger partial charge in [0.25, 0.3) is 0 Å². The van der Waals surface area contributed by atoms with Gasteiger partial charge in [-0.05, 0) is 37.3 Å². The molecule has 0 aliphatic heterocycles. The van der Waals surface area contributed by atoms with E-state index in [2.05, 4.69) is 15.6 Å². The molecule has 6 nitrogen and oxygen atoms in total. The number of amides is 2. The monoisotopic (exact) mass is 425 g/mol. The average Bonchev–Trinajstić information content (AvgIpc) is 3.15. The number of para-hydroxylation sites is 1. The summed E-state index contributed by atoms with van der Waals surface area (Å²) in [4.78, 5) is 27.6. The Kier molecular flexibility index (Phi) is 6.92. The Labute approximate surface area is 177 Å². The van der Waals surface area contributed by atoms with Crippen LogP contribution in [0.2, 0.25) is 0 Å². The summed E-state index contributed by atoms with van der Waals surface area (Å²) >= 11 is 1.19. The maximum absolute atomic E-state index is 14.4. The lowest BCUT2D eigenvalue weighted by Crippen LogP contribution is -2.07. The summed E-state index contributed by atoms with van der Waals surface area (Å²) in [6, 6.07) is 11.8. The summed E-state index contributed by atoms with van der Waals surface area (Å²) in [5.74, 6) is -0.461. The normalized spacial score (nSPS) is 10.8. The van der Waals surface area contributed by atoms with Crippen LogP contribution in [-0.2, 0) is 9.59 Å². The Morgan fingerprint density at radius 1 is 1.20 bits per heavy atom. The largest absolute Gasteiger partial charge is 0.493 e.